The van der Waals surface area contributed by atoms with Crippen LogP contribution < -0.4 is 29.0 Å². The molecule has 1 heterocycles. The molecule has 1 unspecified atom stereocenters. The SMILES string of the molecule is COc1cc(C(=O)NC2CCCc3cc4c(cc32)OCCO4)cc(OC)c1OC. The van der Waals surface area contributed by atoms with Gasteiger partial charge in [-0.25, -0.2) is 0 Å². The Morgan fingerprint density at radius 2 is 1.62 bits per heavy atom. The van der Waals surface area contributed by atoms with Crippen LogP contribution >= 0.6 is 0 Å². The summed E-state index contributed by atoms with van der Waals surface area (Å²) in [4.78, 5) is 13.0. The Balaban J connectivity index is 1.62. The van der Waals surface area contributed by atoms with Gasteiger partial charge in [0.2, 0.25) is 5.75 Å². The van der Waals surface area contributed by atoms with E-state index in [2.05, 4.69) is 5.32 Å². The second-order valence-corrected chi connectivity index (χ2v) is 7.03. The maximum Gasteiger partial charge on any atom is 0.252 e. The Morgan fingerprint density at radius 1 is 0.966 bits per heavy atom. The Bertz CT molecular complexity index is 901. The number of benzene rings is 2. The van der Waals surface area contributed by atoms with Gasteiger partial charge in [0.25, 0.3) is 5.91 Å². The predicted octanol–water partition coefficient (Wildman–Crippen LogP) is 3.29. The van der Waals surface area contributed by atoms with Crippen molar-refractivity contribution < 1.29 is 28.5 Å². The maximum atomic E-state index is 13.0. The second kappa shape index (κ2) is 8.11. The molecular formula is C22H25NO6. The van der Waals surface area contributed by atoms with E-state index >= 15 is 0 Å². The van der Waals surface area contributed by atoms with Gasteiger partial charge < -0.3 is 29.0 Å². The quantitative estimate of drug-likeness (QED) is 0.832. The molecule has 0 fully saturated rings. The number of hydrogen-bond donors (Lipinski definition) is 1. The van der Waals surface area contributed by atoms with Gasteiger partial charge in [0.15, 0.2) is 23.0 Å². The highest BCUT2D eigenvalue weighted by Gasteiger charge is 2.27. The number of aryl methyl sites for hydroxylation is 1. The fourth-order valence-corrected chi connectivity index (χ4v) is 3.94. The van der Waals surface area contributed by atoms with E-state index in [1.165, 1.54) is 26.9 Å². The van der Waals surface area contributed by atoms with Crippen molar-refractivity contribution in [2.45, 2.75) is 25.3 Å². The highest BCUT2D eigenvalue weighted by atomic mass is 16.6. The lowest BCUT2D eigenvalue weighted by Gasteiger charge is -2.29. The molecule has 0 saturated heterocycles. The molecule has 1 amide bonds. The zero-order valence-corrected chi connectivity index (χ0v) is 16.9. The summed E-state index contributed by atoms with van der Waals surface area (Å²) in [7, 11) is 4.59. The zero-order chi connectivity index (χ0) is 20.4. The molecule has 0 saturated carbocycles. The van der Waals surface area contributed by atoms with E-state index in [4.69, 9.17) is 23.7 Å². The molecule has 154 valence electrons. The lowest BCUT2D eigenvalue weighted by Crippen LogP contribution is -2.31. The summed E-state index contributed by atoms with van der Waals surface area (Å²) in [6.07, 6.45) is 2.82. The standard InChI is InChI=1S/C22H25NO6/c1-25-19-10-14(11-20(26-2)21(19)27-3)22(24)23-16-6-4-5-13-9-17-18(12-15(13)16)29-8-7-28-17/h9-12,16H,4-8H2,1-3H3,(H,23,24). The topological polar surface area (TPSA) is 75.3 Å². The van der Waals surface area contributed by atoms with Gasteiger partial charge in [-0.15, -0.1) is 0 Å². The lowest BCUT2D eigenvalue weighted by molar-refractivity contribution is 0.0931. The number of ether oxygens (including phenoxy) is 5. The average Bonchev–Trinajstić information content (AvgIpc) is 2.76. The third kappa shape index (κ3) is 3.64. The molecule has 1 aliphatic carbocycles. The first-order chi connectivity index (χ1) is 14.1. The minimum Gasteiger partial charge on any atom is -0.493 e. The van der Waals surface area contributed by atoms with Crippen molar-refractivity contribution in [3.63, 3.8) is 0 Å². The summed E-state index contributed by atoms with van der Waals surface area (Å²) in [5.74, 6) is 2.67. The Labute approximate surface area is 169 Å². The fraction of sp³-hybridized carbons (Fsp3) is 0.409. The van der Waals surface area contributed by atoms with Crippen molar-refractivity contribution in [3.8, 4) is 28.7 Å². The molecule has 1 atom stereocenters. The van der Waals surface area contributed by atoms with Crippen molar-refractivity contribution in [2.24, 2.45) is 0 Å². The smallest absolute Gasteiger partial charge is 0.252 e. The number of carbonyl (C=O) groups is 1. The summed E-state index contributed by atoms with van der Waals surface area (Å²) in [5.41, 5.74) is 2.72. The molecule has 4 rings (SSSR count). The zero-order valence-electron chi connectivity index (χ0n) is 16.9. The summed E-state index contributed by atoms with van der Waals surface area (Å²) in [6, 6.07) is 7.26. The molecule has 2 aromatic carbocycles. The van der Waals surface area contributed by atoms with Gasteiger partial charge >= 0.3 is 0 Å². The molecule has 0 bridgehead atoms. The van der Waals surface area contributed by atoms with Crippen molar-refractivity contribution in [1.29, 1.82) is 0 Å². The molecule has 0 radical (unpaired) electrons. The number of rotatable bonds is 5. The van der Waals surface area contributed by atoms with Crippen LogP contribution in [0.3, 0.4) is 0 Å². The maximum absolute atomic E-state index is 13.0. The van der Waals surface area contributed by atoms with Crippen molar-refractivity contribution >= 4 is 5.91 Å². The van der Waals surface area contributed by atoms with E-state index in [0.717, 1.165) is 36.3 Å². The monoisotopic (exact) mass is 399 g/mol. The summed E-state index contributed by atoms with van der Waals surface area (Å²) < 4.78 is 27.5. The van der Waals surface area contributed by atoms with Gasteiger partial charge in [0, 0.05) is 5.56 Å². The number of amides is 1. The molecule has 7 nitrogen and oxygen atoms in total. The van der Waals surface area contributed by atoms with Crippen molar-refractivity contribution in [1.82, 2.24) is 5.32 Å². The first-order valence-corrected chi connectivity index (χ1v) is 9.68. The summed E-state index contributed by atoms with van der Waals surface area (Å²) in [5, 5.41) is 3.15. The van der Waals surface area contributed by atoms with Crippen molar-refractivity contribution in [2.75, 3.05) is 34.5 Å². The van der Waals surface area contributed by atoms with Crippen LogP contribution in [0, 0.1) is 0 Å². The van der Waals surface area contributed by atoms with Crippen LogP contribution in [-0.2, 0) is 6.42 Å². The molecule has 1 N–H and O–H groups in total. The molecule has 0 spiro atoms. The van der Waals surface area contributed by atoms with E-state index in [-0.39, 0.29) is 11.9 Å². The summed E-state index contributed by atoms with van der Waals surface area (Å²) >= 11 is 0. The van der Waals surface area contributed by atoms with E-state index in [1.54, 1.807) is 12.1 Å². The first-order valence-electron chi connectivity index (χ1n) is 9.68. The number of hydrogen-bond acceptors (Lipinski definition) is 6. The molecule has 2 aliphatic rings. The van der Waals surface area contributed by atoms with Crippen LogP contribution in [-0.4, -0.2) is 40.5 Å². The van der Waals surface area contributed by atoms with E-state index in [1.807, 2.05) is 12.1 Å². The van der Waals surface area contributed by atoms with Crippen LogP contribution in [0.15, 0.2) is 24.3 Å². The van der Waals surface area contributed by atoms with Gasteiger partial charge in [-0.1, -0.05) is 0 Å². The number of nitrogens with one attached hydrogen (secondary N) is 1. The molecule has 29 heavy (non-hydrogen) atoms. The van der Waals surface area contributed by atoms with Crippen LogP contribution in [0.25, 0.3) is 0 Å². The minimum absolute atomic E-state index is 0.0961. The van der Waals surface area contributed by atoms with Crippen molar-refractivity contribution in [3.05, 3.63) is 41.0 Å². The van der Waals surface area contributed by atoms with Crippen LogP contribution in [0.4, 0.5) is 0 Å². The largest absolute Gasteiger partial charge is 0.493 e. The Hall–Kier alpha value is -3.09. The Kier molecular flexibility index (Phi) is 5.38. The third-order valence-corrected chi connectivity index (χ3v) is 5.35. The van der Waals surface area contributed by atoms with Gasteiger partial charge in [-0.3, -0.25) is 4.79 Å². The average molecular weight is 399 g/mol. The van der Waals surface area contributed by atoms with E-state index < -0.39 is 0 Å². The molecule has 0 aromatic heterocycles. The number of carbonyl (C=O) groups excluding carboxylic acids is 1. The van der Waals surface area contributed by atoms with Crippen LogP contribution in [0.5, 0.6) is 28.7 Å². The normalized spacial score (nSPS) is 17.1. The van der Waals surface area contributed by atoms with Gasteiger partial charge in [0.1, 0.15) is 13.2 Å². The molecule has 2 aromatic rings. The van der Waals surface area contributed by atoms with E-state index in [9.17, 15) is 4.79 Å². The highest BCUT2D eigenvalue weighted by Crippen LogP contribution is 2.41. The number of fused-ring (bicyclic) bond motifs is 2. The molecule has 1 aliphatic heterocycles. The molecular weight excluding hydrogens is 374 g/mol. The Morgan fingerprint density at radius 3 is 2.24 bits per heavy atom. The molecule has 7 heteroatoms. The minimum atomic E-state index is -0.197. The van der Waals surface area contributed by atoms with E-state index in [0.29, 0.717) is 36.0 Å². The van der Waals surface area contributed by atoms with Gasteiger partial charge in [0.05, 0.1) is 27.4 Å². The first kappa shape index (κ1) is 19.2. The highest BCUT2D eigenvalue weighted by molar-refractivity contribution is 5.96. The number of methoxy groups -OCH3 is 3. The lowest BCUT2D eigenvalue weighted by atomic mass is 9.87. The second-order valence-electron chi connectivity index (χ2n) is 7.03. The van der Waals surface area contributed by atoms with Gasteiger partial charge in [-0.2, -0.15) is 0 Å². The summed E-state index contributed by atoms with van der Waals surface area (Å²) in [6.45, 7) is 1.10. The van der Waals surface area contributed by atoms with Crippen LogP contribution in [0.2, 0.25) is 0 Å². The third-order valence-electron chi connectivity index (χ3n) is 5.35. The fourth-order valence-electron chi connectivity index (χ4n) is 3.94. The predicted molar refractivity (Wildman–Crippen MR) is 107 cm³/mol. The van der Waals surface area contributed by atoms with Gasteiger partial charge in [-0.05, 0) is 54.7 Å². The van der Waals surface area contributed by atoms with Crippen LogP contribution in [0.1, 0.15) is 40.4 Å².